The number of halogens is 2. The van der Waals surface area contributed by atoms with Gasteiger partial charge in [-0.15, -0.1) is 11.3 Å². The molecule has 0 aliphatic carbocycles. The summed E-state index contributed by atoms with van der Waals surface area (Å²) in [6.45, 7) is 0. The Morgan fingerprint density at radius 2 is 1.50 bits per heavy atom. The molecule has 0 atom stereocenters. The molecule has 3 aromatic carbocycles. The molecule has 0 unspecified atom stereocenters. The monoisotopic (exact) mass is 392 g/mol. The molecule has 0 aliphatic heterocycles. The molecule has 3 nitrogen and oxygen atoms in total. The summed E-state index contributed by atoms with van der Waals surface area (Å²) < 4.78 is 27.4. The summed E-state index contributed by atoms with van der Waals surface area (Å²) in [6, 6.07) is 20.2. The second-order valence-electron chi connectivity index (χ2n) is 6.03. The highest BCUT2D eigenvalue weighted by molar-refractivity contribution is 7.13. The second-order valence-corrected chi connectivity index (χ2v) is 6.89. The van der Waals surface area contributed by atoms with Crippen molar-refractivity contribution in [1.82, 2.24) is 4.98 Å². The van der Waals surface area contributed by atoms with Gasteiger partial charge in [0.2, 0.25) is 0 Å². The van der Waals surface area contributed by atoms with Crippen molar-refractivity contribution in [3.8, 4) is 21.8 Å². The Kier molecular flexibility index (Phi) is 4.95. The zero-order valence-corrected chi connectivity index (χ0v) is 15.3. The minimum Gasteiger partial charge on any atom is -0.322 e. The molecule has 0 spiro atoms. The van der Waals surface area contributed by atoms with Gasteiger partial charge < -0.3 is 5.32 Å². The number of nitrogens with one attached hydrogen (secondary N) is 1. The van der Waals surface area contributed by atoms with Gasteiger partial charge in [0.1, 0.15) is 22.2 Å². The molecule has 28 heavy (non-hydrogen) atoms. The van der Waals surface area contributed by atoms with Crippen LogP contribution in [0, 0.1) is 11.6 Å². The first-order valence-electron chi connectivity index (χ1n) is 8.48. The van der Waals surface area contributed by atoms with Crippen LogP contribution in [-0.2, 0) is 0 Å². The Labute approximate surface area is 164 Å². The molecule has 4 aromatic rings. The zero-order valence-electron chi connectivity index (χ0n) is 14.5. The highest BCUT2D eigenvalue weighted by Gasteiger charge is 2.17. The van der Waals surface area contributed by atoms with E-state index in [0.29, 0.717) is 5.69 Å². The first kappa shape index (κ1) is 18.0. The second kappa shape index (κ2) is 7.70. The first-order chi connectivity index (χ1) is 13.6. The number of carbonyl (C=O) groups excluding carboxylic acids is 1. The highest BCUT2D eigenvalue weighted by atomic mass is 32.1. The Bertz CT molecular complexity index is 1100. The maximum absolute atomic E-state index is 13.7. The number of rotatable bonds is 4. The lowest BCUT2D eigenvalue weighted by Crippen LogP contribution is -2.15. The van der Waals surface area contributed by atoms with Crippen molar-refractivity contribution >= 4 is 22.9 Å². The molecule has 138 valence electrons. The third kappa shape index (κ3) is 3.68. The summed E-state index contributed by atoms with van der Waals surface area (Å²) in [5.41, 5.74) is 2.60. The van der Waals surface area contributed by atoms with Crippen LogP contribution in [0.15, 0.2) is 78.2 Å². The number of hydrogen-bond acceptors (Lipinski definition) is 3. The number of carbonyl (C=O) groups is 1. The predicted octanol–water partition coefficient (Wildman–Crippen LogP) is 6.01. The summed E-state index contributed by atoms with van der Waals surface area (Å²) in [5.74, 6) is -2.63. The van der Waals surface area contributed by atoms with E-state index in [1.807, 2.05) is 35.7 Å². The van der Waals surface area contributed by atoms with Crippen LogP contribution < -0.4 is 5.32 Å². The molecule has 0 saturated heterocycles. The molecule has 6 heteroatoms. The lowest BCUT2D eigenvalue weighted by Gasteiger charge is -2.07. The van der Waals surface area contributed by atoms with E-state index >= 15 is 0 Å². The Morgan fingerprint density at radius 1 is 0.821 bits per heavy atom. The third-order valence-electron chi connectivity index (χ3n) is 4.15. The van der Waals surface area contributed by atoms with Gasteiger partial charge in [-0.3, -0.25) is 4.79 Å². The van der Waals surface area contributed by atoms with E-state index in [1.165, 1.54) is 6.07 Å². The van der Waals surface area contributed by atoms with Crippen molar-refractivity contribution in [2.24, 2.45) is 0 Å². The van der Waals surface area contributed by atoms with E-state index in [1.54, 1.807) is 35.6 Å². The molecule has 4 rings (SSSR count). The van der Waals surface area contributed by atoms with E-state index in [0.717, 1.165) is 34.0 Å². The molecule has 1 amide bonds. The molecule has 0 saturated carbocycles. The van der Waals surface area contributed by atoms with E-state index in [2.05, 4.69) is 10.3 Å². The zero-order chi connectivity index (χ0) is 19.5. The fourth-order valence-corrected chi connectivity index (χ4v) is 3.59. The summed E-state index contributed by atoms with van der Waals surface area (Å²) in [4.78, 5) is 16.8. The fourth-order valence-electron chi connectivity index (χ4n) is 2.75. The van der Waals surface area contributed by atoms with Crippen LogP contribution in [0.25, 0.3) is 21.8 Å². The number of thiazole rings is 1. The topological polar surface area (TPSA) is 42.0 Å². The van der Waals surface area contributed by atoms with Gasteiger partial charge in [0.15, 0.2) is 0 Å². The number of amides is 1. The fraction of sp³-hybridized carbons (Fsp3) is 0. The Hall–Kier alpha value is -3.38. The minimum absolute atomic E-state index is 0.440. The summed E-state index contributed by atoms with van der Waals surface area (Å²) in [5, 5.41) is 5.40. The van der Waals surface area contributed by atoms with Crippen molar-refractivity contribution < 1.29 is 13.6 Å². The van der Waals surface area contributed by atoms with Gasteiger partial charge in [0.05, 0.1) is 5.69 Å². The molecule has 0 radical (unpaired) electrons. The summed E-state index contributed by atoms with van der Waals surface area (Å²) in [7, 11) is 0. The number of benzene rings is 3. The Balaban J connectivity index is 1.52. The molecule has 1 heterocycles. The summed E-state index contributed by atoms with van der Waals surface area (Å²) >= 11 is 1.55. The molecule has 1 N–H and O–H groups in total. The van der Waals surface area contributed by atoms with Crippen LogP contribution in [0.3, 0.4) is 0 Å². The van der Waals surface area contributed by atoms with Gasteiger partial charge >= 0.3 is 0 Å². The van der Waals surface area contributed by atoms with Crippen LogP contribution in [0.5, 0.6) is 0 Å². The van der Waals surface area contributed by atoms with E-state index in [4.69, 9.17) is 0 Å². The maximum atomic E-state index is 13.7. The average Bonchev–Trinajstić information content (AvgIpc) is 3.19. The smallest absolute Gasteiger partial charge is 0.261 e. The number of anilines is 1. The predicted molar refractivity (Wildman–Crippen MR) is 107 cm³/mol. The van der Waals surface area contributed by atoms with Crippen LogP contribution in [0.1, 0.15) is 10.4 Å². The Morgan fingerprint density at radius 3 is 2.18 bits per heavy atom. The van der Waals surface area contributed by atoms with Crippen LogP contribution in [-0.4, -0.2) is 10.9 Å². The number of aromatic nitrogens is 1. The van der Waals surface area contributed by atoms with Crippen molar-refractivity contribution in [3.63, 3.8) is 0 Å². The number of nitrogens with zero attached hydrogens (tertiary/aromatic N) is 1. The largest absolute Gasteiger partial charge is 0.322 e. The van der Waals surface area contributed by atoms with Crippen molar-refractivity contribution in [1.29, 1.82) is 0 Å². The third-order valence-corrected chi connectivity index (χ3v) is 5.04. The van der Waals surface area contributed by atoms with E-state index < -0.39 is 23.1 Å². The summed E-state index contributed by atoms with van der Waals surface area (Å²) in [6.07, 6.45) is 0. The van der Waals surface area contributed by atoms with Crippen LogP contribution in [0.4, 0.5) is 14.5 Å². The van der Waals surface area contributed by atoms with Gasteiger partial charge in [-0.2, -0.15) is 0 Å². The van der Waals surface area contributed by atoms with Gasteiger partial charge in [0.25, 0.3) is 5.91 Å². The van der Waals surface area contributed by atoms with E-state index in [9.17, 15) is 13.6 Å². The lowest BCUT2D eigenvalue weighted by atomic mass is 10.1. The molecule has 0 bridgehead atoms. The SMILES string of the molecule is O=C(Nc1ccc(-c2csc(-c3ccccc3)n2)cc1)c1c(F)cccc1F. The molecular formula is C22H14F2N2OS. The van der Waals surface area contributed by atoms with Crippen LogP contribution >= 0.6 is 11.3 Å². The molecule has 0 aliphatic rings. The van der Waals surface area contributed by atoms with Crippen molar-refractivity contribution in [2.75, 3.05) is 5.32 Å². The quantitative estimate of drug-likeness (QED) is 0.462. The minimum atomic E-state index is -0.898. The van der Waals surface area contributed by atoms with E-state index in [-0.39, 0.29) is 0 Å². The molecule has 1 aromatic heterocycles. The van der Waals surface area contributed by atoms with Crippen molar-refractivity contribution in [2.45, 2.75) is 0 Å². The maximum Gasteiger partial charge on any atom is 0.261 e. The van der Waals surface area contributed by atoms with Gasteiger partial charge in [-0.1, -0.05) is 48.5 Å². The molecule has 0 fully saturated rings. The molecular weight excluding hydrogens is 378 g/mol. The first-order valence-corrected chi connectivity index (χ1v) is 9.36. The number of hydrogen-bond donors (Lipinski definition) is 1. The van der Waals surface area contributed by atoms with Gasteiger partial charge in [-0.05, 0) is 24.3 Å². The van der Waals surface area contributed by atoms with Crippen LogP contribution in [0.2, 0.25) is 0 Å². The lowest BCUT2D eigenvalue weighted by molar-refractivity contribution is 0.101. The average molecular weight is 392 g/mol. The standard InChI is InChI=1S/C22H14F2N2OS/c23-17-7-4-8-18(24)20(17)21(27)25-16-11-9-14(10-12-16)19-13-28-22(26-19)15-5-2-1-3-6-15/h1-13H,(H,25,27). The van der Waals surface area contributed by atoms with Gasteiger partial charge in [0, 0.05) is 22.2 Å². The highest BCUT2D eigenvalue weighted by Crippen LogP contribution is 2.29. The van der Waals surface area contributed by atoms with Crippen molar-refractivity contribution in [3.05, 3.63) is 95.4 Å². The van der Waals surface area contributed by atoms with Gasteiger partial charge in [-0.25, -0.2) is 13.8 Å². The normalized spacial score (nSPS) is 10.6.